The molecule has 3 rings (SSSR count). The van der Waals surface area contributed by atoms with Crippen LogP contribution in [0.2, 0.25) is 0 Å². The standard InChI is InChI=1S/C22H27F2N3O3S/c1-25(31(29,30)20-10-8-19(23)9-11-20)12-4-7-22(28)27-15-13-26(14-16-27)17-18-5-2-3-6-21(18)24/h2-3,5-6,8-11H,4,7,12-17H2,1H3. The highest BCUT2D eigenvalue weighted by Crippen LogP contribution is 2.16. The van der Waals surface area contributed by atoms with Crippen LogP contribution < -0.4 is 0 Å². The number of nitrogens with zero attached hydrogens (tertiary/aromatic N) is 3. The van der Waals surface area contributed by atoms with Gasteiger partial charge < -0.3 is 4.90 Å². The Balaban J connectivity index is 1.42. The molecular weight excluding hydrogens is 424 g/mol. The van der Waals surface area contributed by atoms with E-state index in [1.165, 1.54) is 29.6 Å². The quantitative estimate of drug-likeness (QED) is 0.619. The van der Waals surface area contributed by atoms with E-state index in [0.29, 0.717) is 44.7 Å². The Bertz CT molecular complexity index is 991. The molecule has 1 aliphatic rings. The zero-order valence-electron chi connectivity index (χ0n) is 17.5. The van der Waals surface area contributed by atoms with Gasteiger partial charge in [0.25, 0.3) is 0 Å². The number of sulfonamides is 1. The predicted molar refractivity (Wildman–Crippen MR) is 114 cm³/mol. The van der Waals surface area contributed by atoms with Crippen LogP contribution in [0.25, 0.3) is 0 Å². The molecule has 0 atom stereocenters. The zero-order valence-corrected chi connectivity index (χ0v) is 18.3. The fraction of sp³-hybridized carbons (Fsp3) is 0.409. The molecule has 1 fully saturated rings. The van der Waals surface area contributed by atoms with Crippen molar-refractivity contribution in [2.75, 3.05) is 39.8 Å². The highest BCUT2D eigenvalue weighted by atomic mass is 32.2. The number of piperazine rings is 1. The SMILES string of the molecule is CN(CCCC(=O)N1CCN(Cc2ccccc2F)CC1)S(=O)(=O)c1ccc(F)cc1. The molecule has 1 heterocycles. The van der Waals surface area contributed by atoms with Gasteiger partial charge in [-0.2, -0.15) is 0 Å². The molecule has 0 radical (unpaired) electrons. The summed E-state index contributed by atoms with van der Waals surface area (Å²) in [6, 6.07) is 11.4. The number of benzene rings is 2. The minimum absolute atomic E-state index is 0.0156. The molecule has 0 aromatic heterocycles. The molecule has 1 aliphatic heterocycles. The molecule has 0 bridgehead atoms. The summed E-state index contributed by atoms with van der Waals surface area (Å²) >= 11 is 0. The Morgan fingerprint density at radius 1 is 1.00 bits per heavy atom. The third kappa shape index (κ3) is 6.09. The van der Waals surface area contributed by atoms with E-state index in [4.69, 9.17) is 0 Å². The van der Waals surface area contributed by atoms with Crippen molar-refractivity contribution in [3.8, 4) is 0 Å². The lowest BCUT2D eigenvalue weighted by Gasteiger charge is -2.35. The average molecular weight is 452 g/mol. The molecule has 168 valence electrons. The fourth-order valence-corrected chi connectivity index (χ4v) is 4.75. The Labute approximate surface area is 182 Å². The molecule has 31 heavy (non-hydrogen) atoms. The van der Waals surface area contributed by atoms with Gasteiger partial charge in [0.15, 0.2) is 0 Å². The molecule has 2 aromatic carbocycles. The third-order valence-electron chi connectivity index (χ3n) is 5.46. The maximum Gasteiger partial charge on any atom is 0.242 e. The molecule has 0 aliphatic carbocycles. The van der Waals surface area contributed by atoms with E-state index in [9.17, 15) is 22.0 Å². The van der Waals surface area contributed by atoms with Gasteiger partial charge in [-0.15, -0.1) is 0 Å². The lowest BCUT2D eigenvalue weighted by Crippen LogP contribution is -2.48. The number of carbonyl (C=O) groups excluding carboxylic acids is 1. The molecule has 0 spiro atoms. The lowest BCUT2D eigenvalue weighted by atomic mass is 10.1. The van der Waals surface area contributed by atoms with E-state index >= 15 is 0 Å². The normalized spacial score (nSPS) is 15.4. The first-order valence-electron chi connectivity index (χ1n) is 10.2. The van der Waals surface area contributed by atoms with E-state index in [2.05, 4.69) is 4.90 Å². The van der Waals surface area contributed by atoms with Crippen molar-refractivity contribution < 1.29 is 22.0 Å². The third-order valence-corrected chi connectivity index (χ3v) is 7.33. The van der Waals surface area contributed by atoms with Crippen LogP contribution in [-0.4, -0.2) is 68.2 Å². The first kappa shape index (κ1) is 23.3. The minimum atomic E-state index is -3.71. The van der Waals surface area contributed by atoms with Crippen molar-refractivity contribution in [2.24, 2.45) is 0 Å². The second kappa shape index (κ2) is 10.3. The van der Waals surface area contributed by atoms with E-state index in [1.807, 2.05) is 6.07 Å². The van der Waals surface area contributed by atoms with E-state index in [-0.39, 0.29) is 29.6 Å². The molecule has 0 N–H and O–H groups in total. The molecule has 1 amide bonds. The summed E-state index contributed by atoms with van der Waals surface area (Å²) < 4.78 is 53.0. The van der Waals surface area contributed by atoms with E-state index in [0.717, 1.165) is 12.1 Å². The van der Waals surface area contributed by atoms with Gasteiger partial charge in [-0.3, -0.25) is 9.69 Å². The summed E-state index contributed by atoms with van der Waals surface area (Å²) in [5.41, 5.74) is 0.646. The Hall–Kier alpha value is -2.36. The first-order chi connectivity index (χ1) is 14.8. The molecule has 1 saturated heterocycles. The van der Waals surface area contributed by atoms with Crippen molar-refractivity contribution in [1.82, 2.24) is 14.1 Å². The van der Waals surface area contributed by atoms with Crippen molar-refractivity contribution in [1.29, 1.82) is 0 Å². The number of amides is 1. The highest BCUT2D eigenvalue weighted by molar-refractivity contribution is 7.89. The maximum absolute atomic E-state index is 13.8. The molecule has 6 nitrogen and oxygen atoms in total. The van der Waals surface area contributed by atoms with Gasteiger partial charge in [-0.05, 0) is 36.8 Å². The van der Waals surface area contributed by atoms with Crippen LogP contribution in [0.3, 0.4) is 0 Å². The van der Waals surface area contributed by atoms with Crippen molar-refractivity contribution in [3.63, 3.8) is 0 Å². The van der Waals surface area contributed by atoms with Gasteiger partial charge in [-0.1, -0.05) is 18.2 Å². The first-order valence-corrected chi connectivity index (χ1v) is 11.7. The molecule has 9 heteroatoms. The van der Waals surface area contributed by atoms with Gasteiger partial charge in [0, 0.05) is 58.3 Å². The minimum Gasteiger partial charge on any atom is -0.340 e. The largest absolute Gasteiger partial charge is 0.340 e. The average Bonchev–Trinajstić information content (AvgIpc) is 2.76. The molecule has 0 saturated carbocycles. The molecule has 2 aromatic rings. The smallest absolute Gasteiger partial charge is 0.242 e. The van der Waals surface area contributed by atoms with Gasteiger partial charge >= 0.3 is 0 Å². The fourth-order valence-electron chi connectivity index (χ4n) is 3.54. The number of hydrogen-bond acceptors (Lipinski definition) is 4. The van der Waals surface area contributed by atoms with Crippen LogP contribution in [0.4, 0.5) is 8.78 Å². The van der Waals surface area contributed by atoms with Crippen LogP contribution in [-0.2, 0) is 21.4 Å². The lowest BCUT2D eigenvalue weighted by molar-refractivity contribution is -0.133. The summed E-state index contributed by atoms with van der Waals surface area (Å²) in [6.07, 6.45) is 0.641. The Morgan fingerprint density at radius 2 is 1.65 bits per heavy atom. The maximum atomic E-state index is 13.8. The topological polar surface area (TPSA) is 60.9 Å². The number of hydrogen-bond donors (Lipinski definition) is 0. The molecular formula is C22H27F2N3O3S. The van der Waals surface area contributed by atoms with Crippen molar-refractivity contribution in [2.45, 2.75) is 24.3 Å². The van der Waals surface area contributed by atoms with Crippen molar-refractivity contribution >= 4 is 15.9 Å². The second-order valence-electron chi connectivity index (χ2n) is 7.63. The Kier molecular flexibility index (Phi) is 7.74. The second-order valence-corrected chi connectivity index (χ2v) is 9.68. The van der Waals surface area contributed by atoms with Crippen LogP contribution in [0.5, 0.6) is 0 Å². The zero-order chi connectivity index (χ0) is 22.4. The highest BCUT2D eigenvalue weighted by Gasteiger charge is 2.23. The monoisotopic (exact) mass is 451 g/mol. The Morgan fingerprint density at radius 3 is 2.29 bits per heavy atom. The van der Waals surface area contributed by atoms with Gasteiger partial charge in [0.2, 0.25) is 15.9 Å². The van der Waals surface area contributed by atoms with E-state index < -0.39 is 15.8 Å². The van der Waals surface area contributed by atoms with Gasteiger partial charge in [0.1, 0.15) is 11.6 Å². The number of rotatable bonds is 8. The summed E-state index contributed by atoms with van der Waals surface area (Å²) in [5, 5.41) is 0. The summed E-state index contributed by atoms with van der Waals surface area (Å²) in [5.74, 6) is -0.736. The molecule has 0 unspecified atom stereocenters. The van der Waals surface area contributed by atoms with Crippen LogP contribution in [0, 0.1) is 11.6 Å². The van der Waals surface area contributed by atoms with Crippen LogP contribution >= 0.6 is 0 Å². The van der Waals surface area contributed by atoms with Gasteiger partial charge in [0.05, 0.1) is 4.90 Å². The number of carbonyl (C=O) groups is 1. The predicted octanol–water partition coefficient (Wildman–Crippen LogP) is 2.71. The van der Waals surface area contributed by atoms with E-state index in [1.54, 1.807) is 17.0 Å². The summed E-state index contributed by atoms with van der Waals surface area (Å²) in [6.45, 7) is 3.17. The number of halogens is 2. The van der Waals surface area contributed by atoms with Crippen molar-refractivity contribution in [3.05, 3.63) is 65.7 Å². The van der Waals surface area contributed by atoms with Crippen LogP contribution in [0.1, 0.15) is 18.4 Å². The summed E-state index contributed by atoms with van der Waals surface area (Å²) in [7, 11) is -2.27. The van der Waals surface area contributed by atoms with Gasteiger partial charge in [-0.25, -0.2) is 21.5 Å². The summed E-state index contributed by atoms with van der Waals surface area (Å²) in [4.78, 5) is 16.4. The van der Waals surface area contributed by atoms with Crippen LogP contribution in [0.15, 0.2) is 53.4 Å².